The van der Waals surface area contributed by atoms with Crippen LogP contribution in [0.2, 0.25) is 0 Å². The van der Waals surface area contributed by atoms with Gasteiger partial charge in [0.05, 0.1) is 11.8 Å². The second-order valence-electron chi connectivity index (χ2n) is 3.86. The Morgan fingerprint density at radius 3 is 2.88 bits per heavy atom. The van der Waals surface area contributed by atoms with Gasteiger partial charge in [-0.2, -0.15) is 15.6 Å². The normalized spacial score (nSPS) is 21.5. The van der Waals surface area contributed by atoms with Crippen LogP contribution in [0.25, 0.3) is 0 Å². The summed E-state index contributed by atoms with van der Waals surface area (Å²) in [4.78, 5) is 0. The van der Waals surface area contributed by atoms with E-state index in [1.54, 1.807) is 6.07 Å². The number of hydrogen-bond acceptors (Lipinski definition) is 5. The largest absolute Gasteiger partial charge is 0.508 e. The molecule has 3 N–H and O–H groups in total. The molecular formula is C12H11N3O2. The zero-order chi connectivity index (χ0) is 11.8. The highest BCUT2D eigenvalue weighted by Crippen LogP contribution is 2.31. The molecule has 0 amide bonds. The lowest BCUT2D eigenvalue weighted by Crippen LogP contribution is -2.36. The number of anilines is 1. The molecule has 86 valence electrons. The van der Waals surface area contributed by atoms with E-state index in [9.17, 15) is 10.2 Å². The maximum Gasteiger partial charge on any atom is 0.146 e. The van der Waals surface area contributed by atoms with Gasteiger partial charge in [0.2, 0.25) is 0 Å². The van der Waals surface area contributed by atoms with Crippen molar-refractivity contribution in [2.45, 2.75) is 6.04 Å². The van der Waals surface area contributed by atoms with Crippen molar-refractivity contribution in [3.63, 3.8) is 0 Å². The van der Waals surface area contributed by atoms with Gasteiger partial charge in [-0.3, -0.25) is 0 Å². The van der Waals surface area contributed by atoms with Gasteiger partial charge in [-0.25, -0.2) is 0 Å². The van der Waals surface area contributed by atoms with E-state index >= 15 is 0 Å². The molecule has 1 aliphatic heterocycles. The first-order valence-electron chi connectivity index (χ1n) is 5.26. The zero-order valence-electron chi connectivity index (χ0n) is 8.91. The van der Waals surface area contributed by atoms with Gasteiger partial charge < -0.3 is 10.2 Å². The lowest BCUT2D eigenvalue weighted by molar-refractivity contribution is 0.449. The number of nitrogens with zero attached hydrogens (tertiary/aromatic N) is 2. The zero-order valence-corrected chi connectivity index (χ0v) is 8.91. The van der Waals surface area contributed by atoms with Crippen LogP contribution in [0.3, 0.4) is 0 Å². The Bertz CT molecular complexity index is 549. The van der Waals surface area contributed by atoms with Crippen molar-refractivity contribution >= 4 is 11.4 Å². The van der Waals surface area contributed by atoms with Gasteiger partial charge >= 0.3 is 0 Å². The quantitative estimate of drug-likeness (QED) is 0.678. The number of hydrogen-bond donors (Lipinski definition) is 3. The van der Waals surface area contributed by atoms with Crippen LogP contribution in [0.5, 0.6) is 11.5 Å². The highest BCUT2D eigenvalue weighted by Gasteiger charge is 2.25. The standard InChI is InChI=1S/C12H11N3O2/c16-8-5-6-11(12(17)7-8)15-13-9-3-1-2-4-10(9)14-15/h1-7,9,13,16-17H. The molecule has 17 heavy (non-hydrogen) atoms. The molecule has 0 spiro atoms. The fourth-order valence-electron chi connectivity index (χ4n) is 1.83. The number of phenolic OH excluding ortho intramolecular Hbond substituents is 2. The summed E-state index contributed by atoms with van der Waals surface area (Å²) in [7, 11) is 0. The molecule has 0 saturated heterocycles. The van der Waals surface area contributed by atoms with Crippen LogP contribution < -0.4 is 10.5 Å². The van der Waals surface area contributed by atoms with Crippen LogP contribution in [0, 0.1) is 0 Å². The predicted octanol–water partition coefficient (Wildman–Crippen LogP) is 1.27. The van der Waals surface area contributed by atoms with E-state index < -0.39 is 0 Å². The number of hydrazine groups is 1. The monoisotopic (exact) mass is 229 g/mol. The summed E-state index contributed by atoms with van der Waals surface area (Å²) < 4.78 is 0. The van der Waals surface area contributed by atoms with E-state index in [1.807, 2.05) is 24.3 Å². The van der Waals surface area contributed by atoms with Crippen LogP contribution in [0.15, 0.2) is 47.6 Å². The second kappa shape index (κ2) is 3.64. The van der Waals surface area contributed by atoms with Crippen molar-refractivity contribution < 1.29 is 10.2 Å². The Balaban J connectivity index is 1.94. The van der Waals surface area contributed by atoms with Gasteiger partial charge in [-0.15, -0.1) is 0 Å². The summed E-state index contributed by atoms with van der Waals surface area (Å²) in [6, 6.07) is 4.43. The van der Waals surface area contributed by atoms with E-state index in [-0.39, 0.29) is 17.5 Å². The fraction of sp³-hybridized carbons (Fsp3) is 0.0833. The number of hydrazone groups is 1. The van der Waals surface area contributed by atoms with E-state index in [0.29, 0.717) is 5.69 Å². The van der Waals surface area contributed by atoms with Crippen LogP contribution in [0.4, 0.5) is 5.69 Å². The number of nitrogens with one attached hydrogen (secondary N) is 1. The molecule has 2 aliphatic rings. The van der Waals surface area contributed by atoms with Crippen molar-refractivity contribution in [1.82, 2.24) is 5.43 Å². The molecule has 1 unspecified atom stereocenters. The molecule has 1 aromatic carbocycles. The van der Waals surface area contributed by atoms with Crippen LogP contribution >= 0.6 is 0 Å². The fourth-order valence-corrected chi connectivity index (χ4v) is 1.83. The minimum Gasteiger partial charge on any atom is -0.508 e. The summed E-state index contributed by atoms with van der Waals surface area (Å²) in [6.07, 6.45) is 7.75. The molecule has 1 atom stereocenters. The van der Waals surface area contributed by atoms with Crippen LogP contribution in [0.1, 0.15) is 0 Å². The Kier molecular flexibility index (Phi) is 2.12. The first-order valence-corrected chi connectivity index (χ1v) is 5.26. The van der Waals surface area contributed by atoms with Gasteiger partial charge in [-0.05, 0) is 18.2 Å². The van der Waals surface area contributed by atoms with E-state index in [1.165, 1.54) is 17.3 Å². The Labute approximate surface area is 98.0 Å². The third-order valence-corrected chi connectivity index (χ3v) is 2.66. The summed E-state index contributed by atoms with van der Waals surface area (Å²) in [5, 5.41) is 24.8. The van der Waals surface area contributed by atoms with Crippen molar-refractivity contribution in [3.8, 4) is 11.5 Å². The molecule has 1 heterocycles. The third kappa shape index (κ3) is 1.66. The third-order valence-electron chi connectivity index (χ3n) is 2.66. The molecule has 5 heteroatoms. The minimum atomic E-state index is -0.0199. The first kappa shape index (κ1) is 9.92. The lowest BCUT2D eigenvalue weighted by atomic mass is 10.1. The highest BCUT2D eigenvalue weighted by molar-refractivity contribution is 6.03. The van der Waals surface area contributed by atoms with Crippen molar-refractivity contribution in [2.24, 2.45) is 5.10 Å². The van der Waals surface area contributed by atoms with Crippen molar-refractivity contribution in [1.29, 1.82) is 0 Å². The van der Waals surface area contributed by atoms with Crippen molar-refractivity contribution in [3.05, 3.63) is 42.5 Å². The molecule has 1 aromatic rings. The van der Waals surface area contributed by atoms with E-state index in [0.717, 1.165) is 5.71 Å². The Morgan fingerprint density at radius 1 is 1.24 bits per heavy atom. The summed E-state index contributed by atoms with van der Waals surface area (Å²) in [5.74, 6) is 0.00349. The molecule has 0 saturated carbocycles. The number of allylic oxidation sites excluding steroid dienone is 2. The average molecular weight is 229 g/mol. The number of aromatic hydroxyl groups is 2. The molecule has 0 aromatic heterocycles. The van der Waals surface area contributed by atoms with Gasteiger partial charge in [0, 0.05) is 6.07 Å². The van der Waals surface area contributed by atoms with Crippen molar-refractivity contribution in [2.75, 3.05) is 5.12 Å². The molecule has 5 nitrogen and oxygen atoms in total. The number of phenols is 2. The second-order valence-corrected chi connectivity index (χ2v) is 3.86. The Hall–Kier alpha value is -2.27. The van der Waals surface area contributed by atoms with Gasteiger partial charge in [-0.1, -0.05) is 18.2 Å². The smallest absolute Gasteiger partial charge is 0.146 e. The summed E-state index contributed by atoms with van der Waals surface area (Å²) in [5.41, 5.74) is 4.51. The lowest BCUT2D eigenvalue weighted by Gasteiger charge is -2.17. The Morgan fingerprint density at radius 2 is 2.12 bits per heavy atom. The van der Waals surface area contributed by atoms with E-state index in [4.69, 9.17) is 0 Å². The number of benzene rings is 1. The van der Waals surface area contributed by atoms with Crippen LogP contribution in [-0.2, 0) is 0 Å². The number of fused-ring (bicyclic) bond motifs is 1. The molecule has 1 aliphatic carbocycles. The first-order chi connectivity index (χ1) is 8.24. The number of rotatable bonds is 1. The summed E-state index contributed by atoms with van der Waals surface area (Å²) >= 11 is 0. The molecule has 0 radical (unpaired) electrons. The highest BCUT2D eigenvalue weighted by atomic mass is 16.3. The maximum atomic E-state index is 9.74. The molecular weight excluding hydrogens is 218 g/mol. The predicted molar refractivity (Wildman–Crippen MR) is 64.9 cm³/mol. The van der Waals surface area contributed by atoms with Gasteiger partial charge in [0.15, 0.2) is 0 Å². The van der Waals surface area contributed by atoms with E-state index in [2.05, 4.69) is 10.5 Å². The summed E-state index contributed by atoms with van der Waals surface area (Å²) in [6.45, 7) is 0. The topological polar surface area (TPSA) is 68.1 Å². The average Bonchev–Trinajstić information content (AvgIpc) is 2.72. The van der Waals surface area contributed by atoms with Crippen LogP contribution in [-0.4, -0.2) is 22.0 Å². The molecule has 0 bridgehead atoms. The molecule has 3 rings (SSSR count). The van der Waals surface area contributed by atoms with Gasteiger partial charge in [0.1, 0.15) is 17.2 Å². The minimum absolute atomic E-state index is 0.0199. The maximum absolute atomic E-state index is 9.74. The van der Waals surface area contributed by atoms with Gasteiger partial charge in [0.25, 0.3) is 0 Å². The molecule has 0 fully saturated rings. The SMILES string of the molecule is Oc1ccc(N2N=C3C=CC=CC3N2)c(O)c1.